The van der Waals surface area contributed by atoms with E-state index in [0.29, 0.717) is 35.2 Å². The Balaban J connectivity index is 2.02. The molecule has 0 atom stereocenters. The second-order valence-corrected chi connectivity index (χ2v) is 8.29. The van der Waals surface area contributed by atoms with Crippen LogP contribution in [0.2, 0.25) is 0 Å². The smallest absolute Gasteiger partial charge is 0.338 e. The maximum atomic E-state index is 12.4. The number of phenols is 1. The molecule has 0 aliphatic carbocycles. The van der Waals surface area contributed by atoms with Crippen molar-refractivity contribution >= 4 is 16.9 Å². The van der Waals surface area contributed by atoms with Gasteiger partial charge in [0.1, 0.15) is 5.75 Å². The molecule has 7 nitrogen and oxygen atoms in total. The lowest BCUT2D eigenvalue weighted by molar-refractivity contribution is 0.0696. The molecule has 0 radical (unpaired) electrons. The van der Waals surface area contributed by atoms with Crippen molar-refractivity contribution in [2.75, 3.05) is 27.2 Å². The summed E-state index contributed by atoms with van der Waals surface area (Å²) in [5, 5.41) is 22.0. The van der Waals surface area contributed by atoms with Crippen molar-refractivity contribution in [3.63, 3.8) is 0 Å². The summed E-state index contributed by atoms with van der Waals surface area (Å²) in [6, 6.07) is 5.62. The van der Waals surface area contributed by atoms with Gasteiger partial charge in [0.25, 0.3) is 0 Å². The van der Waals surface area contributed by atoms with Crippen LogP contribution in [0, 0.1) is 0 Å². The molecule has 2 aromatic heterocycles. The molecule has 1 aliphatic heterocycles. The Morgan fingerprint density at radius 1 is 1.27 bits per heavy atom. The number of benzene rings is 1. The fourth-order valence-electron chi connectivity index (χ4n) is 4.49. The summed E-state index contributed by atoms with van der Waals surface area (Å²) in [6.07, 6.45) is 5.69. The Morgan fingerprint density at radius 2 is 2.00 bits per heavy atom. The predicted octanol–water partition coefficient (Wildman–Crippen LogP) is 3.30. The molecule has 0 spiro atoms. The number of aromatic hydroxyl groups is 1. The summed E-state index contributed by atoms with van der Waals surface area (Å²) in [5.74, 6) is -0.839. The number of hydrogen-bond acceptors (Lipinski definition) is 5. The molecule has 0 unspecified atom stereocenters. The third-order valence-electron chi connectivity index (χ3n) is 5.92. The largest absolute Gasteiger partial charge is 0.507 e. The maximum Gasteiger partial charge on any atom is 0.338 e. The number of carbonyl (C=O) groups is 1. The molecule has 0 bridgehead atoms. The van der Waals surface area contributed by atoms with Gasteiger partial charge in [0, 0.05) is 60.3 Å². The highest BCUT2D eigenvalue weighted by molar-refractivity contribution is 6.08. The third kappa shape index (κ3) is 3.55. The molecule has 0 amide bonds. The number of nitrogens with zero attached hydrogens (tertiary/aromatic N) is 4. The molecular weight excluding hydrogens is 380 g/mol. The van der Waals surface area contributed by atoms with Gasteiger partial charge in [-0.25, -0.2) is 4.79 Å². The van der Waals surface area contributed by atoms with Crippen molar-refractivity contribution in [2.45, 2.75) is 25.9 Å². The zero-order valence-corrected chi connectivity index (χ0v) is 17.7. The number of likely N-dealkylation sites (tertiary alicyclic amines) is 1. The van der Waals surface area contributed by atoms with E-state index in [9.17, 15) is 15.0 Å². The van der Waals surface area contributed by atoms with Gasteiger partial charge >= 0.3 is 5.97 Å². The number of pyridine rings is 1. The van der Waals surface area contributed by atoms with Gasteiger partial charge in [-0.1, -0.05) is 6.07 Å². The lowest BCUT2D eigenvalue weighted by Gasteiger charge is -2.16. The highest BCUT2D eigenvalue weighted by Gasteiger charge is 2.28. The summed E-state index contributed by atoms with van der Waals surface area (Å²) < 4.78 is 1.98. The molecule has 1 saturated heterocycles. The van der Waals surface area contributed by atoms with Crippen molar-refractivity contribution in [3.8, 4) is 16.9 Å². The molecule has 1 aromatic carbocycles. The molecule has 158 valence electrons. The summed E-state index contributed by atoms with van der Waals surface area (Å²) in [6.45, 7) is 3.00. The van der Waals surface area contributed by atoms with E-state index in [1.807, 2.05) is 48.8 Å². The first-order valence-corrected chi connectivity index (χ1v) is 10.2. The second-order valence-electron chi connectivity index (χ2n) is 8.29. The number of rotatable bonds is 6. The van der Waals surface area contributed by atoms with E-state index < -0.39 is 5.97 Å². The summed E-state index contributed by atoms with van der Waals surface area (Å²) in [4.78, 5) is 20.8. The number of aromatic nitrogens is 2. The van der Waals surface area contributed by atoms with Gasteiger partial charge in [0.2, 0.25) is 0 Å². The number of aromatic carboxylic acids is 1. The van der Waals surface area contributed by atoms with Crippen LogP contribution in [0.25, 0.3) is 22.0 Å². The van der Waals surface area contributed by atoms with Crippen molar-refractivity contribution in [1.29, 1.82) is 0 Å². The van der Waals surface area contributed by atoms with E-state index in [2.05, 4.69) is 9.88 Å². The molecule has 4 rings (SSSR count). The maximum absolute atomic E-state index is 12.4. The van der Waals surface area contributed by atoms with Crippen LogP contribution in [0.5, 0.6) is 5.75 Å². The summed E-state index contributed by atoms with van der Waals surface area (Å²) in [5.41, 5.74) is 3.99. The van der Waals surface area contributed by atoms with Crippen LogP contribution in [0.4, 0.5) is 0 Å². The second kappa shape index (κ2) is 8.08. The first kappa shape index (κ1) is 20.4. The van der Waals surface area contributed by atoms with E-state index >= 15 is 0 Å². The molecule has 1 aliphatic rings. The van der Waals surface area contributed by atoms with E-state index in [0.717, 1.165) is 42.7 Å². The monoisotopic (exact) mass is 408 g/mol. The number of phenolic OH excluding ortho intramolecular Hbond substituents is 1. The Labute approximate surface area is 176 Å². The fourth-order valence-corrected chi connectivity index (χ4v) is 4.49. The topological polar surface area (TPSA) is 81.8 Å². The van der Waals surface area contributed by atoms with Gasteiger partial charge < -0.3 is 19.7 Å². The summed E-state index contributed by atoms with van der Waals surface area (Å²) in [7, 11) is 5.75. The van der Waals surface area contributed by atoms with Crippen molar-refractivity contribution in [1.82, 2.24) is 19.4 Å². The molecule has 30 heavy (non-hydrogen) atoms. The molecule has 0 saturated carbocycles. The van der Waals surface area contributed by atoms with E-state index in [1.165, 1.54) is 0 Å². The predicted molar refractivity (Wildman–Crippen MR) is 117 cm³/mol. The van der Waals surface area contributed by atoms with Crippen LogP contribution < -0.4 is 0 Å². The lowest BCUT2D eigenvalue weighted by atomic mass is 9.96. The Hall–Kier alpha value is -2.90. The zero-order valence-electron chi connectivity index (χ0n) is 17.7. The van der Waals surface area contributed by atoms with E-state index in [1.54, 1.807) is 12.4 Å². The number of carboxylic acids is 1. The molecule has 2 N–H and O–H groups in total. The SMILES string of the molecule is CN(C)Cc1c(O)c(-c2cccnc2)cc2c1c(C(=O)O)c(CN1CCCC1)n2C. The van der Waals surface area contributed by atoms with Crippen LogP contribution in [0.3, 0.4) is 0 Å². The Bertz CT molecular complexity index is 1080. The molecule has 7 heteroatoms. The van der Waals surface area contributed by atoms with Crippen LogP contribution in [-0.4, -0.2) is 62.7 Å². The number of carboxylic acid groups (broad SMARTS) is 1. The molecular formula is C23H28N4O3. The average Bonchev–Trinajstić information content (AvgIpc) is 3.31. The van der Waals surface area contributed by atoms with Crippen molar-refractivity contribution in [3.05, 3.63) is 47.4 Å². The average molecular weight is 409 g/mol. The van der Waals surface area contributed by atoms with Gasteiger partial charge in [-0.2, -0.15) is 0 Å². The normalized spacial score (nSPS) is 14.8. The van der Waals surface area contributed by atoms with Gasteiger partial charge in [-0.15, -0.1) is 0 Å². The lowest BCUT2D eigenvalue weighted by Crippen LogP contribution is -2.21. The first-order chi connectivity index (χ1) is 14.4. The number of hydrogen-bond donors (Lipinski definition) is 2. The minimum absolute atomic E-state index is 0.116. The highest BCUT2D eigenvalue weighted by atomic mass is 16.4. The van der Waals surface area contributed by atoms with Gasteiger partial charge in [-0.05, 0) is 52.2 Å². The van der Waals surface area contributed by atoms with Gasteiger partial charge in [-0.3, -0.25) is 9.88 Å². The first-order valence-electron chi connectivity index (χ1n) is 10.2. The Morgan fingerprint density at radius 3 is 2.60 bits per heavy atom. The van der Waals surface area contributed by atoms with Gasteiger partial charge in [0.05, 0.1) is 11.1 Å². The molecule has 1 fully saturated rings. The third-order valence-corrected chi connectivity index (χ3v) is 5.92. The summed E-state index contributed by atoms with van der Waals surface area (Å²) >= 11 is 0. The van der Waals surface area contributed by atoms with Crippen LogP contribution in [-0.2, 0) is 20.1 Å². The van der Waals surface area contributed by atoms with E-state index in [-0.39, 0.29) is 5.75 Å². The van der Waals surface area contributed by atoms with Crippen molar-refractivity contribution in [2.24, 2.45) is 7.05 Å². The van der Waals surface area contributed by atoms with Gasteiger partial charge in [0.15, 0.2) is 0 Å². The van der Waals surface area contributed by atoms with Crippen LogP contribution in [0.15, 0.2) is 30.6 Å². The minimum Gasteiger partial charge on any atom is -0.507 e. The molecule has 3 aromatic rings. The Kier molecular flexibility index (Phi) is 5.49. The minimum atomic E-state index is -0.955. The highest BCUT2D eigenvalue weighted by Crippen LogP contribution is 2.41. The number of aryl methyl sites for hydroxylation is 1. The van der Waals surface area contributed by atoms with Crippen LogP contribution in [0.1, 0.15) is 34.5 Å². The fraction of sp³-hybridized carbons (Fsp3) is 0.391. The van der Waals surface area contributed by atoms with E-state index in [4.69, 9.17) is 0 Å². The number of fused-ring (bicyclic) bond motifs is 1. The molecule has 3 heterocycles. The standard InChI is InChI=1S/C23H28N4O3/c1-25(2)13-17-20-18(11-16(22(17)28)15-7-6-8-24-12-15)26(3)19(21(20)23(29)30)14-27-9-4-5-10-27/h6-8,11-12,28H,4-5,9-10,13-14H2,1-3H3,(H,29,30). The van der Waals surface area contributed by atoms with Crippen molar-refractivity contribution < 1.29 is 15.0 Å². The van der Waals surface area contributed by atoms with Crippen LogP contribution >= 0.6 is 0 Å². The zero-order chi connectivity index (χ0) is 21.4. The quantitative estimate of drug-likeness (QED) is 0.651.